The van der Waals surface area contributed by atoms with Crippen LogP contribution in [0.1, 0.15) is 29.9 Å². The molecular formula is C21H20BrN3O. The molecule has 5 heteroatoms. The molecule has 0 aliphatic heterocycles. The van der Waals surface area contributed by atoms with Gasteiger partial charge >= 0.3 is 0 Å². The monoisotopic (exact) mass is 409 g/mol. The number of nitrogens with zero attached hydrogens (tertiary/aromatic N) is 3. The largest absolute Gasteiger partial charge is 0.269 e. The molecule has 0 unspecified atom stereocenters. The van der Waals surface area contributed by atoms with Crippen LogP contribution in [0.4, 0.5) is 11.5 Å². The summed E-state index contributed by atoms with van der Waals surface area (Å²) in [5.41, 5.74) is 4.17. The Bertz CT molecular complexity index is 1030. The van der Waals surface area contributed by atoms with E-state index in [0.29, 0.717) is 11.7 Å². The zero-order chi connectivity index (χ0) is 18.4. The van der Waals surface area contributed by atoms with Gasteiger partial charge in [-0.3, -0.25) is 14.4 Å². The third-order valence-electron chi connectivity index (χ3n) is 4.91. The molecule has 0 atom stereocenters. The summed E-state index contributed by atoms with van der Waals surface area (Å²) in [6.45, 7) is 5.75. The van der Waals surface area contributed by atoms with Gasteiger partial charge in [0.1, 0.15) is 0 Å². The van der Waals surface area contributed by atoms with E-state index < -0.39 is 0 Å². The van der Waals surface area contributed by atoms with Gasteiger partial charge in [0, 0.05) is 16.9 Å². The number of halogens is 1. The molecule has 0 radical (unpaired) electrons. The van der Waals surface area contributed by atoms with Gasteiger partial charge in [-0.05, 0) is 67.2 Å². The summed E-state index contributed by atoms with van der Waals surface area (Å²) in [6, 6.07) is 12.2. The molecule has 1 aromatic heterocycles. The number of carbonyl (C=O) groups excluding carboxylic acids is 1. The van der Waals surface area contributed by atoms with Gasteiger partial charge in [-0.1, -0.05) is 34.6 Å². The highest BCUT2D eigenvalue weighted by Gasteiger charge is 2.32. The van der Waals surface area contributed by atoms with Gasteiger partial charge in [-0.25, -0.2) is 0 Å². The number of aryl methyl sites for hydroxylation is 2. The Labute approximate surface area is 161 Å². The smallest absolute Gasteiger partial charge is 0.256 e. The Morgan fingerprint density at radius 3 is 2.77 bits per heavy atom. The summed E-state index contributed by atoms with van der Waals surface area (Å²) < 4.78 is 2.89. The number of hydrogen-bond donors (Lipinski definition) is 0. The van der Waals surface area contributed by atoms with Crippen LogP contribution in [0.2, 0.25) is 0 Å². The predicted molar refractivity (Wildman–Crippen MR) is 109 cm³/mol. The molecule has 4 nitrogen and oxygen atoms in total. The normalized spacial score (nSPS) is 13.8. The van der Waals surface area contributed by atoms with E-state index >= 15 is 0 Å². The summed E-state index contributed by atoms with van der Waals surface area (Å²) in [5.74, 6) is 0.978. The molecule has 1 aliphatic rings. The van der Waals surface area contributed by atoms with Crippen molar-refractivity contribution >= 4 is 44.2 Å². The zero-order valence-electron chi connectivity index (χ0n) is 14.9. The van der Waals surface area contributed by atoms with Crippen molar-refractivity contribution in [3.8, 4) is 0 Å². The topological polar surface area (TPSA) is 38.1 Å². The molecule has 0 saturated heterocycles. The fourth-order valence-electron chi connectivity index (χ4n) is 3.39. The van der Waals surface area contributed by atoms with Crippen molar-refractivity contribution in [1.82, 2.24) is 9.78 Å². The summed E-state index contributed by atoms with van der Waals surface area (Å²) in [7, 11) is 1.90. The van der Waals surface area contributed by atoms with Crippen molar-refractivity contribution in [3.63, 3.8) is 0 Å². The third-order valence-corrected chi connectivity index (χ3v) is 5.77. The summed E-state index contributed by atoms with van der Waals surface area (Å²) in [4.78, 5) is 14.6. The van der Waals surface area contributed by atoms with Crippen molar-refractivity contribution in [2.45, 2.75) is 25.7 Å². The van der Waals surface area contributed by atoms with E-state index in [4.69, 9.17) is 0 Å². The molecule has 4 rings (SSSR count). The Hall–Kier alpha value is -2.40. The van der Waals surface area contributed by atoms with Crippen molar-refractivity contribution in [1.29, 1.82) is 0 Å². The number of amides is 1. The second-order valence-electron chi connectivity index (χ2n) is 6.78. The van der Waals surface area contributed by atoms with Crippen molar-refractivity contribution in [3.05, 3.63) is 64.7 Å². The highest BCUT2D eigenvalue weighted by atomic mass is 79.9. The van der Waals surface area contributed by atoms with Gasteiger partial charge in [-0.15, -0.1) is 0 Å². The number of para-hydroxylation sites is 1. The molecule has 1 amide bonds. The summed E-state index contributed by atoms with van der Waals surface area (Å²) >= 11 is 3.64. The molecule has 3 aromatic rings. The van der Waals surface area contributed by atoms with Crippen LogP contribution in [-0.4, -0.2) is 15.7 Å². The fraction of sp³-hybridized carbons (Fsp3) is 0.238. The Morgan fingerprint density at radius 1 is 1.35 bits per heavy atom. The van der Waals surface area contributed by atoms with E-state index in [-0.39, 0.29) is 5.91 Å². The van der Waals surface area contributed by atoms with Crippen LogP contribution in [-0.2, 0) is 11.8 Å². The lowest BCUT2D eigenvalue weighted by Gasteiger charge is -2.23. The van der Waals surface area contributed by atoms with Gasteiger partial charge in [0.15, 0.2) is 5.82 Å². The van der Waals surface area contributed by atoms with Crippen LogP contribution >= 0.6 is 15.9 Å². The average molecular weight is 410 g/mol. The first-order valence-corrected chi connectivity index (χ1v) is 9.49. The van der Waals surface area contributed by atoms with E-state index in [1.807, 2.05) is 42.9 Å². The highest BCUT2D eigenvalue weighted by Crippen LogP contribution is 2.47. The number of hydrogen-bond acceptors (Lipinski definition) is 2. The molecule has 0 spiro atoms. The molecule has 2 aromatic carbocycles. The SMILES string of the molecule is C=CC(=O)N(c1cc(C)c(Br)cc1C1CC1)c1nn(C)c2ccccc12. The van der Waals surface area contributed by atoms with E-state index in [1.165, 1.54) is 11.6 Å². The van der Waals surface area contributed by atoms with E-state index in [1.54, 1.807) is 4.90 Å². The molecule has 0 N–H and O–H groups in total. The number of fused-ring (bicyclic) bond motifs is 1. The van der Waals surface area contributed by atoms with Gasteiger partial charge in [-0.2, -0.15) is 5.10 Å². The molecule has 1 aliphatic carbocycles. The molecule has 1 heterocycles. The standard InChI is InChI=1S/C21H20BrN3O/c1-4-20(26)25(21-15-7-5-6-8-18(15)24(3)23-21)19-11-13(2)17(22)12-16(19)14-9-10-14/h4-8,11-12,14H,1,9-10H2,2-3H3. The first kappa shape index (κ1) is 17.0. The Balaban J connectivity index is 1.99. The lowest BCUT2D eigenvalue weighted by atomic mass is 10.0. The number of rotatable bonds is 4. The lowest BCUT2D eigenvalue weighted by molar-refractivity contribution is -0.113. The van der Waals surface area contributed by atoms with Gasteiger partial charge in [0.2, 0.25) is 0 Å². The van der Waals surface area contributed by atoms with E-state index in [9.17, 15) is 4.79 Å². The van der Waals surface area contributed by atoms with Crippen LogP contribution in [0, 0.1) is 6.92 Å². The van der Waals surface area contributed by atoms with Gasteiger partial charge in [0.05, 0.1) is 11.2 Å². The van der Waals surface area contributed by atoms with Crippen LogP contribution in [0.5, 0.6) is 0 Å². The predicted octanol–water partition coefficient (Wildman–Crippen LogP) is 5.37. The first-order valence-electron chi connectivity index (χ1n) is 8.69. The van der Waals surface area contributed by atoms with Crippen molar-refractivity contribution in [2.75, 3.05) is 4.90 Å². The van der Waals surface area contributed by atoms with E-state index in [2.05, 4.69) is 39.7 Å². The number of anilines is 2. The fourth-order valence-corrected chi connectivity index (χ4v) is 3.75. The third kappa shape index (κ3) is 2.76. The maximum atomic E-state index is 12.9. The minimum atomic E-state index is -0.169. The molecule has 26 heavy (non-hydrogen) atoms. The van der Waals surface area contributed by atoms with Gasteiger partial charge in [0.25, 0.3) is 5.91 Å². The first-order chi connectivity index (χ1) is 12.5. The molecular weight excluding hydrogens is 390 g/mol. The minimum Gasteiger partial charge on any atom is -0.269 e. The highest BCUT2D eigenvalue weighted by molar-refractivity contribution is 9.10. The Kier molecular flexibility index (Phi) is 4.19. The summed E-state index contributed by atoms with van der Waals surface area (Å²) in [5, 5.41) is 5.62. The molecule has 0 bridgehead atoms. The van der Waals surface area contributed by atoms with Crippen molar-refractivity contribution in [2.24, 2.45) is 7.05 Å². The zero-order valence-corrected chi connectivity index (χ0v) is 16.5. The average Bonchev–Trinajstić information content (AvgIpc) is 3.43. The van der Waals surface area contributed by atoms with Crippen molar-refractivity contribution < 1.29 is 4.79 Å². The number of carbonyl (C=O) groups is 1. The number of aromatic nitrogens is 2. The Morgan fingerprint density at radius 2 is 2.08 bits per heavy atom. The second kappa shape index (κ2) is 6.40. The maximum Gasteiger partial charge on any atom is 0.256 e. The molecule has 1 fully saturated rings. The maximum absolute atomic E-state index is 12.9. The van der Waals surface area contributed by atoms with Crippen LogP contribution < -0.4 is 4.90 Å². The summed E-state index contributed by atoms with van der Waals surface area (Å²) in [6.07, 6.45) is 3.67. The van der Waals surface area contributed by atoms with Gasteiger partial charge < -0.3 is 0 Å². The quantitative estimate of drug-likeness (QED) is 0.543. The van der Waals surface area contributed by atoms with Crippen LogP contribution in [0.15, 0.2) is 53.5 Å². The second-order valence-corrected chi connectivity index (χ2v) is 7.63. The van der Waals surface area contributed by atoms with E-state index in [0.717, 1.165) is 39.5 Å². The van der Waals surface area contributed by atoms with Crippen LogP contribution in [0.3, 0.4) is 0 Å². The van der Waals surface area contributed by atoms with Crippen LogP contribution in [0.25, 0.3) is 10.9 Å². The lowest BCUT2D eigenvalue weighted by Crippen LogP contribution is -2.25. The molecule has 1 saturated carbocycles. The number of benzene rings is 2. The minimum absolute atomic E-state index is 0.169. The molecule has 132 valence electrons.